The summed E-state index contributed by atoms with van der Waals surface area (Å²) in [6, 6.07) is 19.5. The molecule has 0 saturated heterocycles. The predicted octanol–water partition coefficient (Wildman–Crippen LogP) is 3.79. The molecule has 0 unspecified atom stereocenters. The zero-order chi connectivity index (χ0) is 16.3. The van der Waals surface area contributed by atoms with Gasteiger partial charge in [-0.1, -0.05) is 60.7 Å². The minimum atomic E-state index is 0.0268. The molecule has 23 heavy (non-hydrogen) atoms. The Kier molecular flexibility index (Phi) is 7.05. The third-order valence-corrected chi connectivity index (χ3v) is 3.71. The summed E-state index contributed by atoms with van der Waals surface area (Å²) in [5, 5.41) is 2.92. The molecule has 2 rings (SSSR count). The molecule has 3 heteroatoms. The maximum atomic E-state index is 11.9. The van der Waals surface area contributed by atoms with Gasteiger partial charge in [0.25, 0.3) is 0 Å². The second kappa shape index (κ2) is 9.57. The van der Waals surface area contributed by atoms with Gasteiger partial charge < -0.3 is 5.32 Å². The van der Waals surface area contributed by atoms with Crippen LogP contribution in [-0.2, 0) is 11.2 Å². The first kappa shape index (κ1) is 16.9. The van der Waals surface area contributed by atoms with E-state index in [0.29, 0.717) is 25.8 Å². The third-order valence-electron chi connectivity index (χ3n) is 3.71. The van der Waals surface area contributed by atoms with Gasteiger partial charge in [0, 0.05) is 24.9 Å². The average molecular weight is 309 g/mol. The number of aryl methyl sites for hydroxylation is 1. The molecule has 0 saturated carbocycles. The van der Waals surface area contributed by atoms with Gasteiger partial charge >= 0.3 is 0 Å². The number of amides is 1. The van der Waals surface area contributed by atoms with E-state index in [0.717, 1.165) is 18.4 Å². The highest BCUT2D eigenvalue weighted by atomic mass is 16.1. The van der Waals surface area contributed by atoms with Crippen molar-refractivity contribution in [3.63, 3.8) is 0 Å². The van der Waals surface area contributed by atoms with E-state index in [1.54, 1.807) is 0 Å². The Bertz CT molecular complexity index is 608. The van der Waals surface area contributed by atoms with Crippen LogP contribution in [0.15, 0.2) is 60.7 Å². The van der Waals surface area contributed by atoms with Crippen LogP contribution in [0.5, 0.6) is 0 Å². The van der Waals surface area contributed by atoms with Gasteiger partial charge in [-0.25, -0.2) is 0 Å². The summed E-state index contributed by atoms with van der Waals surface area (Å²) in [7, 11) is 0. The van der Waals surface area contributed by atoms with Crippen molar-refractivity contribution in [3.8, 4) is 0 Å². The van der Waals surface area contributed by atoms with Crippen molar-refractivity contribution < 1.29 is 9.59 Å². The van der Waals surface area contributed by atoms with Crippen LogP contribution in [-0.4, -0.2) is 18.2 Å². The molecule has 0 bridgehead atoms. The van der Waals surface area contributed by atoms with Crippen LogP contribution >= 0.6 is 0 Å². The van der Waals surface area contributed by atoms with Crippen LogP contribution in [0.3, 0.4) is 0 Å². The number of ketones is 1. The number of rotatable bonds is 9. The quantitative estimate of drug-likeness (QED) is 0.566. The van der Waals surface area contributed by atoms with E-state index in [1.165, 1.54) is 5.56 Å². The van der Waals surface area contributed by atoms with Gasteiger partial charge in [0.05, 0.1) is 0 Å². The van der Waals surface area contributed by atoms with Gasteiger partial charge in [-0.15, -0.1) is 0 Å². The van der Waals surface area contributed by atoms with E-state index in [4.69, 9.17) is 0 Å². The molecule has 3 nitrogen and oxygen atoms in total. The normalized spacial score (nSPS) is 10.3. The molecule has 2 aromatic carbocycles. The minimum Gasteiger partial charge on any atom is -0.356 e. The van der Waals surface area contributed by atoms with E-state index >= 15 is 0 Å². The molecule has 2 aromatic rings. The van der Waals surface area contributed by atoms with Gasteiger partial charge in [-0.05, 0) is 24.8 Å². The standard InChI is InChI=1S/C20H23NO2/c22-19(18-12-5-2-6-13-18)14-7-15-20(23)21-16-8-11-17-9-3-1-4-10-17/h1-6,9-10,12-13H,7-8,11,14-16H2,(H,21,23). The lowest BCUT2D eigenvalue weighted by Crippen LogP contribution is -2.24. The monoisotopic (exact) mass is 309 g/mol. The molecule has 0 atom stereocenters. The van der Waals surface area contributed by atoms with Crippen molar-refractivity contribution in [2.75, 3.05) is 6.54 Å². The highest BCUT2D eigenvalue weighted by molar-refractivity contribution is 5.96. The lowest BCUT2D eigenvalue weighted by molar-refractivity contribution is -0.121. The van der Waals surface area contributed by atoms with E-state index in [-0.39, 0.29) is 11.7 Å². The smallest absolute Gasteiger partial charge is 0.220 e. The SMILES string of the molecule is O=C(CCCC(=O)c1ccccc1)NCCCc1ccccc1. The second-order valence-corrected chi connectivity index (χ2v) is 5.58. The Morgan fingerprint density at radius 1 is 0.783 bits per heavy atom. The summed E-state index contributed by atoms with van der Waals surface area (Å²) in [5.74, 6) is 0.126. The Balaban J connectivity index is 1.56. The summed E-state index contributed by atoms with van der Waals surface area (Å²) >= 11 is 0. The molecule has 0 heterocycles. The Labute approximate surface area is 137 Å². The summed E-state index contributed by atoms with van der Waals surface area (Å²) in [4.78, 5) is 23.7. The van der Waals surface area contributed by atoms with Crippen molar-refractivity contribution >= 4 is 11.7 Å². The van der Waals surface area contributed by atoms with Gasteiger partial charge in [0.15, 0.2) is 5.78 Å². The number of carbonyl (C=O) groups excluding carboxylic acids is 2. The number of benzene rings is 2. The number of carbonyl (C=O) groups is 2. The molecule has 0 fully saturated rings. The first-order chi connectivity index (χ1) is 11.3. The molecule has 1 N–H and O–H groups in total. The third kappa shape index (κ3) is 6.47. The topological polar surface area (TPSA) is 46.2 Å². The maximum absolute atomic E-state index is 11.9. The fourth-order valence-electron chi connectivity index (χ4n) is 2.43. The second-order valence-electron chi connectivity index (χ2n) is 5.58. The molecule has 0 aliphatic carbocycles. The lowest BCUT2D eigenvalue weighted by Gasteiger charge is -2.05. The minimum absolute atomic E-state index is 0.0268. The summed E-state index contributed by atoms with van der Waals surface area (Å²) in [6.07, 6.45) is 3.32. The van der Waals surface area contributed by atoms with Crippen molar-refractivity contribution in [1.82, 2.24) is 5.32 Å². The average Bonchev–Trinajstić information content (AvgIpc) is 2.60. The van der Waals surface area contributed by atoms with E-state index in [9.17, 15) is 9.59 Å². The van der Waals surface area contributed by atoms with Gasteiger partial charge in [-0.2, -0.15) is 0 Å². The van der Waals surface area contributed by atoms with E-state index in [1.807, 2.05) is 48.5 Å². The molecular weight excluding hydrogens is 286 g/mol. The fraction of sp³-hybridized carbons (Fsp3) is 0.300. The fourth-order valence-corrected chi connectivity index (χ4v) is 2.43. The summed E-state index contributed by atoms with van der Waals surface area (Å²) < 4.78 is 0. The van der Waals surface area contributed by atoms with Gasteiger partial charge in [-0.3, -0.25) is 9.59 Å². The maximum Gasteiger partial charge on any atom is 0.220 e. The first-order valence-electron chi connectivity index (χ1n) is 8.14. The van der Waals surface area contributed by atoms with E-state index < -0.39 is 0 Å². The number of nitrogens with one attached hydrogen (secondary N) is 1. The molecule has 1 amide bonds. The molecule has 0 aromatic heterocycles. The molecule has 0 radical (unpaired) electrons. The van der Waals surface area contributed by atoms with Crippen molar-refractivity contribution in [2.24, 2.45) is 0 Å². The van der Waals surface area contributed by atoms with Crippen molar-refractivity contribution in [1.29, 1.82) is 0 Å². The van der Waals surface area contributed by atoms with Crippen LogP contribution in [0.4, 0.5) is 0 Å². The van der Waals surface area contributed by atoms with Crippen LogP contribution < -0.4 is 5.32 Å². The molecule has 0 spiro atoms. The van der Waals surface area contributed by atoms with Crippen molar-refractivity contribution in [2.45, 2.75) is 32.1 Å². The van der Waals surface area contributed by atoms with Gasteiger partial charge in [0.2, 0.25) is 5.91 Å². The zero-order valence-electron chi connectivity index (χ0n) is 13.3. The van der Waals surface area contributed by atoms with Crippen LogP contribution in [0.2, 0.25) is 0 Å². The Hall–Kier alpha value is -2.42. The highest BCUT2D eigenvalue weighted by Crippen LogP contribution is 2.07. The largest absolute Gasteiger partial charge is 0.356 e. The first-order valence-corrected chi connectivity index (χ1v) is 8.14. The van der Waals surface area contributed by atoms with Crippen LogP contribution in [0.1, 0.15) is 41.6 Å². The van der Waals surface area contributed by atoms with Crippen molar-refractivity contribution in [3.05, 3.63) is 71.8 Å². The molecular formula is C20H23NO2. The molecule has 0 aliphatic heterocycles. The van der Waals surface area contributed by atoms with Crippen LogP contribution in [0.25, 0.3) is 0 Å². The van der Waals surface area contributed by atoms with Crippen LogP contribution in [0, 0.1) is 0 Å². The predicted molar refractivity (Wildman–Crippen MR) is 92.4 cm³/mol. The summed E-state index contributed by atoms with van der Waals surface area (Å²) in [5.41, 5.74) is 2.01. The number of Topliss-reactive ketones (excluding diaryl/α,β-unsaturated/α-hetero) is 1. The Morgan fingerprint density at radius 2 is 1.43 bits per heavy atom. The number of hydrogen-bond donors (Lipinski definition) is 1. The number of hydrogen-bond acceptors (Lipinski definition) is 2. The van der Waals surface area contributed by atoms with Gasteiger partial charge in [0.1, 0.15) is 0 Å². The Morgan fingerprint density at radius 3 is 2.13 bits per heavy atom. The highest BCUT2D eigenvalue weighted by Gasteiger charge is 2.07. The lowest BCUT2D eigenvalue weighted by atomic mass is 10.1. The van der Waals surface area contributed by atoms with E-state index in [2.05, 4.69) is 17.4 Å². The molecule has 120 valence electrons. The zero-order valence-corrected chi connectivity index (χ0v) is 13.3. The molecule has 0 aliphatic rings. The summed E-state index contributed by atoms with van der Waals surface area (Å²) in [6.45, 7) is 0.681.